The maximum absolute atomic E-state index is 7.34. The number of benzene rings is 10. The molecule has 15 rings (SSSR count). The van der Waals surface area contributed by atoms with Gasteiger partial charge in [0.05, 0.1) is 96.4 Å². The van der Waals surface area contributed by atoms with Gasteiger partial charge >= 0.3 is 0 Å². The SMILES string of the molecule is CN1c2ccccc2N(c2c(-c3ccccc3)c(-c3nc4ccccc4o3)c(N3c4ccccc4N(C)c4ccccc43)c(N3c4ccccc4N(C)c4ccccc43)c2-c2nc3ccccc3o2)c2ccccc21. The zero-order valence-corrected chi connectivity index (χ0v) is 41.3. The molecular weight excluding hydrogens is 925 g/mol. The van der Waals surface area contributed by atoms with Crippen LogP contribution in [0, 0.1) is 0 Å². The van der Waals surface area contributed by atoms with Gasteiger partial charge in [-0.2, -0.15) is 0 Å². The van der Waals surface area contributed by atoms with E-state index >= 15 is 0 Å². The Bertz CT molecular complexity index is 4050. The summed E-state index contributed by atoms with van der Waals surface area (Å²) in [5.41, 5.74) is 20.6. The van der Waals surface area contributed by atoms with Crippen molar-refractivity contribution in [3.63, 3.8) is 0 Å². The van der Waals surface area contributed by atoms with E-state index in [4.69, 9.17) is 18.8 Å². The molecule has 0 saturated heterocycles. The van der Waals surface area contributed by atoms with Crippen LogP contribution in [0.5, 0.6) is 0 Å². The van der Waals surface area contributed by atoms with Gasteiger partial charge in [0.2, 0.25) is 11.8 Å². The van der Waals surface area contributed by atoms with Crippen molar-refractivity contribution in [3.05, 3.63) is 224 Å². The van der Waals surface area contributed by atoms with Gasteiger partial charge in [-0.05, 0) is 103 Å². The largest absolute Gasteiger partial charge is 0.436 e. The molecule has 12 aromatic rings. The first kappa shape index (κ1) is 42.6. The van der Waals surface area contributed by atoms with Crippen LogP contribution >= 0.6 is 0 Å². The smallest absolute Gasteiger partial charge is 0.231 e. The average molecular weight is 971 g/mol. The van der Waals surface area contributed by atoms with E-state index < -0.39 is 0 Å². The Morgan fingerprint density at radius 3 is 0.907 bits per heavy atom. The van der Waals surface area contributed by atoms with Crippen LogP contribution in [-0.2, 0) is 0 Å². The van der Waals surface area contributed by atoms with Crippen molar-refractivity contribution in [2.24, 2.45) is 0 Å². The molecule has 0 amide bonds. The molecular formula is C65H46N8O2. The topological polar surface area (TPSA) is 71.5 Å². The second kappa shape index (κ2) is 16.5. The van der Waals surface area contributed by atoms with Crippen molar-refractivity contribution in [2.75, 3.05) is 50.5 Å². The summed E-state index contributed by atoms with van der Waals surface area (Å²) in [6.45, 7) is 0. The van der Waals surface area contributed by atoms with Crippen molar-refractivity contribution in [1.82, 2.24) is 9.97 Å². The van der Waals surface area contributed by atoms with Crippen molar-refractivity contribution in [2.45, 2.75) is 0 Å². The molecule has 0 spiro atoms. The first-order valence-corrected chi connectivity index (χ1v) is 25.2. The molecule has 0 bridgehead atoms. The second-order valence-corrected chi connectivity index (χ2v) is 19.1. The Morgan fingerprint density at radius 2 is 0.547 bits per heavy atom. The van der Waals surface area contributed by atoms with Gasteiger partial charge in [-0.15, -0.1) is 0 Å². The third-order valence-electron chi connectivity index (χ3n) is 15.1. The summed E-state index contributed by atoms with van der Waals surface area (Å²) in [5.74, 6) is 0.902. The quantitative estimate of drug-likeness (QED) is 0.161. The summed E-state index contributed by atoms with van der Waals surface area (Å²) in [5, 5.41) is 0. The zero-order valence-electron chi connectivity index (χ0n) is 41.3. The molecule has 0 N–H and O–H groups in total. The highest BCUT2D eigenvalue weighted by atomic mass is 16.4. The number of para-hydroxylation sites is 16. The molecule has 5 heterocycles. The molecule has 358 valence electrons. The first-order chi connectivity index (χ1) is 37.0. The lowest BCUT2D eigenvalue weighted by Gasteiger charge is -2.46. The predicted molar refractivity (Wildman–Crippen MR) is 306 cm³/mol. The van der Waals surface area contributed by atoms with Crippen molar-refractivity contribution in [1.29, 1.82) is 0 Å². The molecule has 3 aliphatic heterocycles. The molecule has 3 aliphatic rings. The minimum Gasteiger partial charge on any atom is -0.436 e. The molecule has 0 aliphatic carbocycles. The monoisotopic (exact) mass is 970 g/mol. The van der Waals surface area contributed by atoms with Crippen LogP contribution in [0.4, 0.5) is 85.3 Å². The number of anilines is 15. The van der Waals surface area contributed by atoms with Gasteiger partial charge in [-0.1, -0.05) is 127 Å². The van der Waals surface area contributed by atoms with E-state index in [1.165, 1.54) is 0 Å². The maximum atomic E-state index is 7.34. The van der Waals surface area contributed by atoms with Crippen molar-refractivity contribution >= 4 is 108 Å². The van der Waals surface area contributed by atoms with Crippen LogP contribution in [-0.4, -0.2) is 31.1 Å². The highest BCUT2D eigenvalue weighted by molar-refractivity contribution is 6.21. The first-order valence-electron chi connectivity index (χ1n) is 25.2. The van der Waals surface area contributed by atoms with Gasteiger partial charge in [-0.3, -0.25) is 0 Å². The van der Waals surface area contributed by atoms with Gasteiger partial charge in [0, 0.05) is 26.7 Å². The highest BCUT2D eigenvalue weighted by Crippen LogP contribution is 2.67. The highest BCUT2D eigenvalue weighted by Gasteiger charge is 2.44. The fourth-order valence-electron chi connectivity index (χ4n) is 11.7. The minimum atomic E-state index is 0.447. The number of hydrogen-bond acceptors (Lipinski definition) is 10. The lowest BCUT2D eigenvalue weighted by Crippen LogP contribution is -2.30. The minimum absolute atomic E-state index is 0.447. The summed E-state index contributed by atoms with van der Waals surface area (Å²) >= 11 is 0. The molecule has 2 aromatic heterocycles. The number of hydrogen-bond donors (Lipinski definition) is 0. The van der Waals surface area contributed by atoms with Gasteiger partial charge in [0.25, 0.3) is 0 Å². The van der Waals surface area contributed by atoms with E-state index in [9.17, 15) is 0 Å². The molecule has 0 atom stereocenters. The Balaban J connectivity index is 1.26. The summed E-state index contributed by atoms with van der Waals surface area (Å²) in [4.78, 5) is 25.3. The zero-order chi connectivity index (χ0) is 49.9. The standard InChI is InChI=1S/C65H46N8O2/c1-68-44-27-9-15-33-50(44)71(51-34-16-10-28-45(51)68)61-58(41-23-5-4-6-24-41)59(64-66-42-25-7-21-39-56(42)74-64)62(72-52-35-17-11-29-46(52)69(2)47-30-12-18-36-53(47)72)63(60(61)65-67-43-26-8-22-40-57(43)75-65)73-54-37-19-13-31-48(54)70(3)49-32-14-20-38-55(49)73/h4-40H,1-3H3. The molecule has 10 nitrogen and oxygen atoms in total. The molecule has 10 aromatic carbocycles. The van der Waals surface area contributed by atoms with Crippen LogP contribution in [0.3, 0.4) is 0 Å². The maximum Gasteiger partial charge on any atom is 0.231 e. The Hall–Kier alpha value is -10.1. The predicted octanol–water partition coefficient (Wildman–Crippen LogP) is 17.6. The molecule has 10 heteroatoms. The van der Waals surface area contributed by atoms with Crippen molar-refractivity contribution < 1.29 is 8.83 Å². The Kier molecular flexibility index (Phi) is 9.37. The lowest BCUT2D eigenvalue weighted by atomic mass is 9.86. The summed E-state index contributed by atoms with van der Waals surface area (Å²) < 4.78 is 14.6. The molecule has 0 radical (unpaired) electrons. The summed E-state index contributed by atoms with van der Waals surface area (Å²) in [6, 6.07) is 78.7. The van der Waals surface area contributed by atoms with Crippen LogP contribution in [0.25, 0.3) is 56.2 Å². The normalized spacial score (nSPS) is 13.4. The van der Waals surface area contributed by atoms with Gasteiger partial charge in [0.15, 0.2) is 11.2 Å². The molecule has 0 unspecified atom stereocenters. The van der Waals surface area contributed by atoms with E-state index in [1.54, 1.807) is 0 Å². The Morgan fingerprint density at radius 1 is 0.267 bits per heavy atom. The number of rotatable bonds is 6. The third-order valence-corrected chi connectivity index (χ3v) is 15.1. The van der Waals surface area contributed by atoms with E-state index in [0.717, 1.165) is 119 Å². The number of aromatic nitrogens is 2. The van der Waals surface area contributed by atoms with Crippen LogP contribution in [0.15, 0.2) is 233 Å². The molecule has 0 saturated carbocycles. The van der Waals surface area contributed by atoms with Gasteiger partial charge in [-0.25, -0.2) is 9.97 Å². The second-order valence-electron chi connectivity index (χ2n) is 19.1. The Labute approximate surface area is 433 Å². The van der Waals surface area contributed by atoms with E-state index in [0.29, 0.717) is 22.9 Å². The number of nitrogens with zero attached hydrogens (tertiary/aromatic N) is 8. The van der Waals surface area contributed by atoms with Gasteiger partial charge in [0.1, 0.15) is 11.0 Å². The van der Waals surface area contributed by atoms with Crippen LogP contribution in [0.2, 0.25) is 0 Å². The fourth-order valence-corrected chi connectivity index (χ4v) is 11.7. The average Bonchev–Trinajstić information content (AvgIpc) is 4.21. The van der Waals surface area contributed by atoms with Crippen molar-refractivity contribution in [3.8, 4) is 34.0 Å². The lowest BCUT2D eigenvalue weighted by molar-refractivity contribution is 0.618. The van der Waals surface area contributed by atoms with Crippen LogP contribution < -0.4 is 29.4 Å². The molecule has 0 fully saturated rings. The molecule has 75 heavy (non-hydrogen) atoms. The fraction of sp³-hybridized carbons (Fsp3) is 0.0462. The number of fused-ring (bicyclic) bond motifs is 8. The summed E-state index contributed by atoms with van der Waals surface area (Å²) in [6.07, 6.45) is 0. The third kappa shape index (κ3) is 6.26. The van der Waals surface area contributed by atoms with Gasteiger partial charge < -0.3 is 38.2 Å². The van der Waals surface area contributed by atoms with Crippen LogP contribution in [0.1, 0.15) is 0 Å². The van der Waals surface area contributed by atoms with E-state index in [2.05, 4.69) is 226 Å². The van der Waals surface area contributed by atoms with E-state index in [-0.39, 0.29) is 0 Å². The van der Waals surface area contributed by atoms with E-state index in [1.807, 2.05) is 48.5 Å². The summed E-state index contributed by atoms with van der Waals surface area (Å²) in [7, 11) is 6.44. The number of oxazole rings is 2.